The quantitative estimate of drug-likeness (QED) is 0.671. The molecule has 1 N–H and O–H groups in total. The number of anilines is 1. The highest BCUT2D eigenvalue weighted by Crippen LogP contribution is 2.26. The first-order valence-corrected chi connectivity index (χ1v) is 9.89. The Morgan fingerprint density at radius 3 is 2.59 bits per heavy atom. The number of rotatable bonds is 5. The maximum atomic E-state index is 13.4. The van der Waals surface area contributed by atoms with Crippen molar-refractivity contribution in [3.63, 3.8) is 0 Å². The van der Waals surface area contributed by atoms with E-state index < -0.39 is 17.8 Å². The Kier molecular flexibility index (Phi) is 5.76. The first-order valence-electron chi connectivity index (χ1n) is 9.51. The van der Waals surface area contributed by atoms with Crippen LogP contribution >= 0.6 is 11.6 Å². The molecule has 8 heteroatoms. The van der Waals surface area contributed by atoms with Crippen molar-refractivity contribution in [3.8, 4) is 0 Å². The van der Waals surface area contributed by atoms with Crippen LogP contribution in [0.1, 0.15) is 47.1 Å². The summed E-state index contributed by atoms with van der Waals surface area (Å²) in [5.74, 6) is -0.706. The number of hydrogen-bond donors (Lipinski definition) is 1. The van der Waals surface area contributed by atoms with Gasteiger partial charge in [0, 0.05) is 18.7 Å². The minimum absolute atomic E-state index is 0.112. The van der Waals surface area contributed by atoms with E-state index in [0.717, 1.165) is 37.6 Å². The SMILES string of the molecule is O=C(N[C@@H](c1ccccc1)c1nnc(N2CCCCC2)o1)c1ccc(F)c(Cl)c1. The van der Waals surface area contributed by atoms with Crippen molar-refractivity contribution < 1.29 is 13.6 Å². The van der Waals surface area contributed by atoms with Gasteiger partial charge in [-0.15, -0.1) is 5.10 Å². The lowest BCUT2D eigenvalue weighted by atomic mass is 10.1. The van der Waals surface area contributed by atoms with E-state index in [0.29, 0.717) is 11.9 Å². The van der Waals surface area contributed by atoms with Crippen molar-refractivity contribution in [2.24, 2.45) is 0 Å². The zero-order valence-corrected chi connectivity index (χ0v) is 16.4. The lowest BCUT2D eigenvalue weighted by Crippen LogP contribution is -2.30. The van der Waals surface area contributed by atoms with Crippen molar-refractivity contribution in [1.82, 2.24) is 15.5 Å². The number of hydrogen-bond acceptors (Lipinski definition) is 5. The smallest absolute Gasteiger partial charge is 0.318 e. The Morgan fingerprint density at radius 2 is 1.86 bits per heavy atom. The maximum absolute atomic E-state index is 13.4. The van der Waals surface area contributed by atoms with Gasteiger partial charge in [-0.3, -0.25) is 4.79 Å². The summed E-state index contributed by atoms with van der Waals surface area (Å²) >= 11 is 5.82. The number of nitrogens with zero attached hydrogens (tertiary/aromatic N) is 3. The third-order valence-corrected chi connectivity index (χ3v) is 5.18. The van der Waals surface area contributed by atoms with Crippen LogP contribution in [0.25, 0.3) is 0 Å². The molecule has 6 nitrogen and oxygen atoms in total. The monoisotopic (exact) mass is 414 g/mol. The van der Waals surface area contributed by atoms with Crippen molar-refractivity contribution >= 4 is 23.5 Å². The average Bonchev–Trinajstić information content (AvgIpc) is 3.25. The van der Waals surface area contributed by atoms with Crippen molar-refractivity contribution in [2.75, 3.05) is 18.0 Å². The first-order chi connectivity index (χ1) is 14.1. The second-order valence-corrected chi connectivity index (χ2v) is 7.32. The molecule has 2 heterocycles. The third kappa shape index (κ3) is 4.40. The van der Waals surface area contributed by atoms with Gasteiger partial charge in [0.2, 0.25) is 5.89 Å². The average molecular weight is 415 g/mol. The van der Waals surface area contributed by atoms with Gasteiger partial charge >= 0.3 is 6.01 Å². The van der Waals surface area contributed by atoms with E-state index in [1.165, 1.54) is 18.6 Å². The molecule has 1 aliphatic rings. The van der Waals surface area contributed by atoms with Crippen LogP contribution in [-0.2, 0) is 0 Å². The molecule has 0 unspecified atom stereocenters. The van der Waals surface area contributed by atoms with Crippen molar-refractivity contribution in [1.29, 1.82) is 0 Å². The highest BCUT2D eigenvalue weighted by molar-refractivity contribution is 6.31. The number of carbonyl (C=O) groups excluding carboxylic acids is 1. The molecule has 0 bridgehead atoms. The number of carbonyl (C=O) groups is 1. The maximum Gasteiger partial charge on any atom is 0.318 e. The standard InChI is InChI=1S/C21H20ClFN4O2/c22-16-13-15(9-10-17(16)23)19(28)24-18(14-7-3-1-4-8-14)20-25-26-21(29-20)27-11-5-2-6-12-27/h1,3-4,7-10,13,18H,2,5-6,11-12H2,(H,24,28)/t18-/m0/s1. The van der Waals surface area contributed by atoms with Crippen LogP contribution in [0.4, 0.5) is 10.4 Å². The van der Waals surface area contributed by atoms with Crippen molar-refractivity contribution in [3.05, 3.63) is 76.4 Å². The van der Waals surface area contributed by atoms with E-state index >= 15 is 0 Å². The highest BCUT2D eigenvalue weighted by atomic mass is 35.5. The minimum Gasteiger partial charge on any atom is -0.405 e. The molecule has 0 saturated carbocycles. The van der Waals surface area contributed by atoms with Crippen LogP contribution in [-0.4, -0.2) is 29.2 Å². The summed E-state index contributed by atoms with van der Waals surface area (Å²) in [6, 6.07) is 13.0. The van der Waals surface area contributed by atoms with Crippen LogP contribution in [0.3, 0.4) is 0 Å². The summed E-state index contributed by atoms with van der Waals surface area (Å²) in [5.41, 5.74) is 1.04. The van der Waals surface area contributed by atoms with Gasteiger partial charge in [0.05, 0.1) is 5.02 Å². The Bertz CT molecular complexity index is 989. The number of halogens is 2. The molecule has 1 aromatic heterocycles. The lowest BCUT2D eigenvalue weighted by molar-refractivity contribution is 0.0938. The van der Waals surface area contributed by atoms with Gasteiger partial charge < -0.3 is 14.6 Å². The molecule has 29 heavy (non-hydrogen) atoms. The lowest BCUT2D eigenvalue weighted by Gasteiger charge is -2.24. The third-order valence-electron chi connectivity index (χ3n) is 4.89. The largest absolute Gasteiger partial charge is 0.405 e. The van der Waals surface area contributed by atoms with E-state index in [9.17, 15) is 9.18 Å². The van der Waals surface area contributed by atoms with Gasteiger partial charge in [0.15, 0.2) is 0 Å². The van der Waals surface area contributed by atoms with Gasteiger partial charge in [0.1, 0.15) is 11.9 Å². The van der Waals surface area contributed by atoms with Crippen LogP contribution < -0.4 is 10.2 Å². The van der Waals surface area contributed by atoms with E-state index in [-0.39, 0.29) is 10.6 Å². The van der Waals surface area contributed by atoms with Crippen LogP contribution in [0.15, 0.2) is 52.9 Å². The molecule has 150 valence electrons. The molecule has 1 fully saturated rings. The number of piperidine rings is 1. The Balaban J connectivity index is 1.61. The van der Waals surface area contributed by atoms with Gasteiger partial charge in [-0.05, 0) is 43.0 Å². The summed E-state index contributed by atoms with van der Waals surface area (Å²) in [5, 5.41) is 11.1. The van der Waals surface area contributed by atoms with E-state index in [4.69, 9.17) is 16.0 Å². The first kappa shape index (κ1) is 19.4. The van der Waals surface area contributed by atoms with Gasteiger partial charge in [-0.1, -0.05) is 47.0 Å². The molecule has 1 saturated heterocycles. The van der Waals surface area contributed by atoms with Gasteiger partial charge in [-0.25, -0.2) is 4.39 Å². The van der Waals surface area contributed by atoms with Gasteiger partial charge in [0.25, 0.3) is 5.91 Å². The predicted octanol–water partition coefficient (Wildman–Crippen LogP) is 4.37. The molecule has 0 spiro atoms. The van der Waals surface area contributed by atoms with Crippen LogP contribution in [0.2, 0.25) is 5.02 Å². The van der Waals surface area contributed by atoms with Crippen molar-refractivity contribution in [2.45, 2.75) is 25.3 Å². The Hall–Kier alpha value is -2.93. The molecule has 1 amide bonds. The molecule has 1 aliphatic heterocycles. The predicted molar refractivity (Wildman–Crippen MR) is 108 cm³/mol. The molecule has 1 atom stereocenters. The fraction of sp³-hybridized carbons (Fsp3) is 0.286. The molecular weight excluding hydrogens is 395 g/mol. The van der Waals surface area contributed by atoms with E-state index in [1.807, 2.05) is 30.3 Å². The topological polar surface area (TPSA) is 71.3 Å². The van der Waals surface area contributed by atoms with Gasteiger partial charge in [-0.2, -0.15) is 0 Å². The number of benzene rings is 2. The number of amides is 1. The highest BCUT2D eigenvalue weighted by Gasteiger charge is 2.26. The normalized spacial score (nSPS) is 15.2. The molecule has 2 aromatic carbocycles. The fourth-order valence-corrected chi connectivity index (χ4v) is 3.52. The molecule has 0 radical (unpaired) electrons. The summed E-state index contributed by atoms with van der Waals surface area (Å²) in [7, 11) is 0. The Labute approximate surface area is 172 Å². The minimum atomic E-state index is -0.640. The second-order valence-electron chi connectivity index (χ2n) is 6.92. The summed E-state index contributed by atoms with van der Waals surface area (Å²) in [4.78, 5) is 14.8. The second kappa shape index (κ2) is 8.61. The zero-order valence-electron chi connectivity index (χ0n) is 15.6. The fourth-order valence-electron chi connectivity index (χ4n) is 3.34. The number of aromatic nitrogens is 2. The van der Waals surface area contributed by atoms with E-state index in [2.05, 4.69) is 20.4 Å². The zero-order chi connectivity index (χ0) is 20.2. The molecule has 3 aromatic rings. The molecule has 0 aliphatic carbocycles. The summed E-state index contributed by atoms with van der Waals surface area (Å²) in [6.45, 7) is 1.75. The molecule has 4 rings (SSSR count). The van der Waals surface area contributed by atoms with Crippen LogP contribution in [0.5, 0.6) is 0 Å². The number of nitrogens with one attached hydrogen (secondary N) is 1. The Morgan fingerprint density at radius 1 is 1.10 bits per heavy atom. The summed E-state index contributed by atoms with van der Waals surface area (Å²) < 4.78 is 19.4. The van der Waals surface area contributed by atoms with E-state index in [1.54, 1.807) is 0 Å². The summed E-state index contributed by atoms with van der Waals surface area (Å²) in [6.07, 6.45) is 3.37. The molecular formula is C21H20ClFN4O2. The van der Waals surface area contributed by atoms with Crippen LogP contribution in [0, 0.1) is 5.82 Å².